The third kappa shape index (κ3) is 12.1. The number of halogens is 2. The Labute approximate surface area is 366 Å². The van der Waals surface area contributed by atoms with Gasteiger partial charge in [0, 0.05) is 24.1 Å². The van der Waals surface area contributed by atoms with E-state index in [2.05, 4.69) is 81.1 Å². The zero-order valence-electron chi connectivity index (χ0n) is 30.9. The minimum atomic E-state index is -4.88. The van der Waals surface area contributed by atoms with Crippen LogP contribution in [-0.4, -0.2) is 67.3 Å². The van der Waals surface area contributed by atoms with Crippen LogP contribution in [0.3, 0.4) is 0 Å². The number of carbonyl (C=O) groups is 2. The smallest absolute Gasteiger partial charge is 0.295 e. The Morgan fingerprint density at radius 3 is 1.87 bits per heavy atom. The number of hydrogen-bond donors (Lipinski definition) is 10. The molecular formula is C38H34Br2N8O9S3. The number of nitrogens with one attached hydrogen (secondary N) is 7. The zero-order valence-corrected chi connectivity index (χ0v) is 36.5. The number of benzene rings is 5. The minimum absolute atomic E-state index is 0.00421. The topological polar surface area (TPSA) is 260 Å². The van der Waals surface area contributed by atoms with Crippen LogP contribution in [-0.2, 0) is 29.8 Å². The van der Waals surface area contributed by atoms with Crippen molar-refractivity contribution in [1.29, 1.82) is 0 Å². The van der Waals surface area contributed by atoms with Gasteiger partial charge in [0.15, 0.2) is 11.2 Å². The van der Waals surface area contributed by atoms with Gasteiger partial charge in [-0.1, -0.05) is 61.2 Å². The first-order valence-electron chi connectivity index (χ1n) is 17.0. The predicted molar refractivity (Wildman–Crippen MR) is 241 cm³/mol. The molecule has 60 heavy (non-hydrogen) atoms. The molecule has 0 saturated heterocycles. The molecular weight excluding hydrogens is 968 g/mol. The van der Waals surface area contributed by atoms with Crippen LogP contribution in [0.1, 0.15) is 16.7 Å². The minimum Gasteiger partial charge on any atom is -0.506 e. The summed E-state index contributed by atoms with van der Waals surface area (Å²) in [5, 5.41) is 26.5. The number of hydrogen-bond acceptors (Lipinski definition) is 12. The number of nitrogens with zero attached hydrogens (tertiary/aromatic N) is 1. The Morgan fingerprint density at radius 2 is 1.30 bits per heavy atom. The summed E-state index contributed by atoms with van der Waals surface area (Å²) >= 11 is 11.7. The molecule has 5 aromatic rings. The van der Waals surface area contributed by atoms with Crippen molar-refractivity contribution in [3.8, 4) is 5.75 Å². The first-order chi connectivity index (χ1) is 28.3. The summed E-state index contributed by atoms with van der Waals surface area (Å²) in [7, 11) is -8.02. The van der Waals surface area contributed by atoms with E-state index < -0.39 is 47.9 Å². The van der Waals surface area contributed by atoms with Gasteiger partial charge in [-0.3, -0.25) is 29.5 Å². The Balaban J connectivity index is 1.31. The Bertz CT molecular complexity index is 2780. The number of hydrazine groups is 1. The van der Waals surface area contributed by atoms with E-state index in [1.165, 1.54) is 42.6 Å². The van der Waals surface area contributed by atoms with E-state index in [0.717, 1.165) is 22.9 Å². The molecule has 5 aromatic carbocycles. The highest BCUT2D eigenvalue weighted by Crippen LogP contribution is 2.33. The lowest BCUT2D eigenvalue weighted by Gasteiger charge is -2.19. The van der Waals surface area contributed by atoms with Crippen molar-refractivity contribution in [3.63, 3.8) is 0 Å². The molecule has 0 radical (unpaired) electrons. The molecule has 0 aliphatic heterocycles. The second-order valence-corrected chi connectivity index (χ2v) is 17.3. The molecule has 1 atom stereocenters. The number of rotatable bonds is 14. The van der Waals surface area contributed by atoms with E-state index in [0.29, 0.717) is 26.0 Å². The number of fused-ring (bicyclic) bond motifs is 1. The SMILES string of the molecule is C=C(NC)Nc1ccc(/C=C/c2ccc(NC(=S)NNC(=O)C(Nc3ccc4ccccc4c3)C(=O)N/N=C/c3cc(Br)c(O)c(Br)c3)cc2S(=O)(=O)O)c(S(=O)(=O)O)c1. The molecule has 5 rings (SSSR count). The van der Waals surface area contributed by atoms with Gasteiger partial charge in [0.05, 0.1) is 21.0 Å². The van der Waals surface area contributed by atoms with Crippen LogP contribution in [0.2, 0.25) is 0 Å². The number of phenolic OH excluding ortho intramolecular Hbond substituents is 1. The normalized spacial score (nSPS) is 12.2. The summed E-state index contributed by atoms with van der Waals surface area (Å²) in [5.41, 5.74) is 8.27. The molecule has 0 heterocycles. The fourth-order valence-electron chi connectivity index (χ4n) is 5.31. The standard InChI is InChI=1S/C38H34Br2N8O9S3/c1-21(41-2)43-28-13-10-24(32(18-28)59(52,53)54)7-8-25-11-14-29(19-33(25)60(55,56)57)45-38(58)48-47-37(51)34(44-27-12-9-23-5-3-4-6-26(23)17-27)36(50)46-42-20-22-15-30(39)35(49)31(40)16-22/h3-20,34,41,43-44,49H,1H2,2H3,(H,46,50)(H,47,51)(H2,45,48,58)(H,52,53,54)(H,55,56,57)/b8-7+,42-20+. The molecule has 1 unspecified atom stereocenters. The van der Waals surface area contributed by atoms with Gasteiger partial charge in [-0.2, -0.15) is 21.9 Å². The maximum absolute atomic E-state index is 13.5. The second kappa shape index (κ2) is 19.5. The van der Waals surface area contributed by atoms with E-state index >= 15 is 0 Å². The number of amides is 2. The van der Waals surface area contributed by atoms with Gasteiger partial charge in [-0.25, -0.2) is 5.43 Å². The van der Waals surface area contributed by atoms with E-state index in [1.807, 2.05) is 24.3 Å². The molecule has 22 heteroatoms. The van der Waals surface area contributed by atoms with E-state index in [9.17, 15) is 40.6 Å². The third-order valence-electron chi connectivity index (χ3n) is 8.19. The Morgan fingerprint density at radius 1 is 0.750 bits per heavy atom. The molecule has 0 aliphatic rings. The van der Waals surface area contributed by atoms with Gasteiger partial charge in [0.1, 0.15) is 15.5 Å². The number of thiocarbonyl (C=S) groups is 1. The summed E-state index contributed by atoms with van der Waals surface area (Å²) in [6.45, 7) is 3.70. The lowest BCUT2D eigenvalue weighted by atomic mass is 10.1. The van der Waals surface area contributed by atoms with Crippen molar-refractivity contribution in [2.45, 2.75) is 15.8 Å². The molecule has 0 spiro atoms. The number of phenols is 1. The van der Waals surface area contributed by atoms with Crippen LogP contribution < -0.4 is 37.5 Å². The van der Waals surface area contributed by atoms with Gasteiger partial charge in [-0.15, -0.1) is 0 Å². The summed E-state index contributed by atoms with van der Waals surface area (Å²) in [6, 6.07) is 21.9. The average Bonchev–Trinajstić information content (AvgIpc) is 3.19. The molecule has 10 N–H and O–H groups in total. The third-order valence-corrected chi connectivity index (χ3v) is 11.4. The monoisotopic (exact) mass is 1000 g/mol. The molecule has 0 bridgehead atoms. The lowest BCUT2D eigenvalue weighted by molar-refractivity contribution is -0.130. The molecule has 0 aromatic heterocycles. The van der Waals surface area contributed by atoms with Gasteiger partial charge in [0.25, 0.3) is 32.1 Å². The molecule has 0 aliphatic carbocycles. The van der Waals surface area contributed by atoms with Crippen molar-refractivity contribution in [1.82, 2.24) is 21.6 Å². The molecule has 0 saturated carbocycles. The van der Waals surface area contributed by atoms with Crippen molar-refractivity contribution in [2.75, 3.05) is 23.0 Å². The average molecular weight is 1000 g/mol. The predicted octanol–water partition coefficient (Wildman–Crippen LogP) is 5.79. The summed E-state index contributed by atoms with van der Waals surface area (Å²) in [6.07, 6.45) is 3.74. The van der Waals surface area contributed by atoms with Gasteiger partial charge in [0.2, 0.25) is 0 Å². The van der Waals surface area contributed by atoms with Crippen LogP contribution >= 0.6 is 44.1 Å². The van der Waals surface area contributed by atoms with Gasteiger partial charge < -0.3 is 26.4 Å². The number of anilines is 3. The quantitative estimate of drug-likeness (QED) is 0.0158. The van der Waals surface area contributed by atoms with Gasteiger partial charge >= 0.3 is 0 Å². The van der Waals surface area contributed by atoms with Crippen LogP contribution in [0.4, 0.5) is 17.1 Å². The molecule has 2 amide bonds. The number of hydrazone groups is 1. The van der Waals surface area contributed by atoms with Crippen molar-refractivity contribution in [3.05, 3.63) is 129 Å². The number of aromatic hydroxyl groups is 1. The highest BCUT2D eigenvalue weighted by molar-refractivity contribution is 9.11. The van der Waals surface area contributed by atoms with Crippen LogP contribution in [0, 0.1) is 0 Å². The van der Waals surface area contributed by atoms with Crippen LogP contribution in [0.5, 0.6) is 5.75 Å². The molecule has 312 valence electrons. The number of carbonyl (C=O) groups excluding carboxylic acids is 2. The molecule has 0 fully saturated rings. The first kappa shape index (κ1) is 45.2. The summed E-state index contributed by atoms with van der Waals surface area (Å²) in [4.78, 5) is 25.8. The zero-order chi connectivity index (χ0) is 43.8. The van der Waals surface area contributed by atoms with Gasteiger partial charge in [-0.05, 0) is 120 Å². The summed E-state index contributed by atoms with van der Waals surface area (Å²) < 4.78 is 69.9. The highest BCUT2D eigenvalue weighted by atomic mass is 79.9. The van der Waals surface area contributed by atoms with E-state index in [1.54, 1.807) is 37.4 Å². The van der Waals surface area contributed by atoms with Crippen LogP contribution in [0.25, 0.3) is 22.9 Å². The fourth-order valence-corrected chi connectivity index (χ4v) is 8.12. The highest BCUT2D eigenvalue weighted by Gasteiger charge is 2.27. The lowest BCUT2D eigenvalue weighted by Crippen LogP contribution is -2.54. The summed E-state index contributed by atoms with van der Waals surface area (Å²) in [5.74, 6) is -1.46. The molecule has 17 nitrogen and oxygen atoms in total. The van der Waals surface area contributed by atoms with Crippen molar-refractivity contribution in [2.24, 2.45) is 5.10 Å². The maximum atomic E-state index is 13.5. The maximum Gasteiger partial charge on any atom is 0.295 e. The first-order valence-corrected chi connectivity index (χ1v) is 21.9. The van der Waals surface area contributed by atoms with Crippen LogP contribution in [0.15, 0.2) is 127 Å². The Kier molecular flexibility index (Phi) is 14.7. The van der Waals surface area contributed by atoms with E-state index in [-0.39, 0.29) is 33.4 Å². The van der Waals surface area contributed by atoms with Crippen molar-refractivity contribution < 1.29 is 40.6 Å². The second-order valence-electron chi connectivity index (χ2n) is 12.4. The van der Waals surface area contributed by atoms with Crippen molar-refractivity contribution >= 4 is 127 Å². The van der Waals surface area contributed by atoms with E-state index in [4.69, 9.17) is 12.2 Å². The largest absolute Gasteiger partial charge is 0.506 e. The fraction of sp³-hybridized carbons (Fsp3) is 0.0526. The Hall–Kier alpha value is -5.88.